The summed E-state index contributed by atoms with van der Waals surface area (Å²) in [7, 11) is 0. The Kier molecular flexibility index (Phi) is 2.98. The van der Waals surface area contributed by atoms with E-state index in [4.69, 9.17) is 4.84 Å². The summed E-state index contributed by atoms with van der Waals surface area (Å²) >= 11 is 1.71. The highest BCUT2D eigenvalue weighted by molar-refractivity contribution is 8.00. The van der Waals surface area contributed by atoms with Crippen LogP contribution in [0.1, 0.15) is 19.4 Å². The summed E-state index contributed by atoms with van der Waals surface area (Å²) in [4.78, 5) is 17.3. The quantitative estimate of drug-likeness (QED) is 0.731. The Hall–Kier alpha value is -1.00. The first kappa shape index (κ1) is 10.5. The molecule has 0 amide bonds. The molecule has 0 radical (unpaired) electrons. The molecule has 3 nitrogen and oxygen atoms in total. The van der Waals surface area contributed by atoms with Gasteiger partial charge in [-0.05, 0) is 18.6 Å². The van der Waals surface area contributed by atoms with Crippen molar-refractivity contribution in [2.75, 3.05) is 0 Å². The van der Waals surface area contributed by atoms with E-state index in [-0.39, 0.29) is 11.3 Å². The van der Waals surface area contributed by atoms with Crippen molar-refractivity contribution in [3.8, 4) is 0 Å². The molecule has 0 aliphatic carbocycles. The van der Waals surface area contributed by atoms with Gasteiger partial charge in [0.25, 0.3) is 0 Å². The fraction of sp³-hybridized carbons (Fsp3) is 0.364. The van der Waals surface area contributed by atoms with E-state index >= 15 is 0 Å². The van der Waals surface area contributed by atoms with Gasteiger partial charge in [0.05, 0.1) is 11.9 Å². The summed E-state index contributed by atoms with van der Waals surface area (Å²) in [5.41, 5.74) is 1.21. The lowest BCUT2D eigenvalue weighted by atomic mass is 10.2. The van der Waals surface area contributed by atoms with E-state index in [0.29, 0.717) is 6.54 Å². The van der Waals surface area contributed by atoms with Crippen LogP contribution in [0.2, 0.25) is 0 Å². The van der Waals surface area contributed by atoms with Gasteiger partial charge in [-0.1, -0.05) is 18.2 Å². The monoisotopic (exact) mass is 223 g/mol. The van der Waals surface area contributed by atoms with Crippen molar-refractivity contribution in [3.05, 3.63) is 29.8 Å². The molecule has 1 unspecified atom stereocenters. The van der Waals surface area contributed by atoms with Crippen LogP contribution in [-0.4, -0.2) is 16.4 Å². The third kappa shape index (κ3) is 2.33. The van der Waals surface area contributed by atoms with Crippen molar-refractivity contribution in [1.82, 2.24) is 5.06 Å². The van der Waals surface area contributed by atoms with E-state index in [1.54, 1.807) is 16.8 Å². The summed E-state index contributed by atoms with van der Waals surface area (Å²) in [5.74, 6) is -0.262. The van der Waals surface area contributed by atoms with E-state index in [0.717, 1.165) is 0 Å². The number of fused-ring (bicyclic) bond motifs is 1. The Bertz CT molecular complexity index is 381. The number of rotatable bonds is 1. The second-order valence-corrected chi connectivity index (χ2v) is 4.84. The second-order valence-electron chi connectivity index (χ2n) is 3.48. The average Bonchev–Trinajstić information content (AvgIpc) is 2.18. The van der Waals surface area contributed by atoms with Crippen LogP contribution in [0, 0.1) is 0 Å². The van der Waals surface area contributed by atoms with Crippen molar-refractivity contribution in [1.29, 1.82) is 0 Å². The third-order valence-corrected chi connectivity index (χ3v) is 3.48. The fourth-order valence-electron chi connectivity index (χ4n) is 1.56. The molecule has 0 bridgehead atoms. The zero-order valence-corrected chi connectivity index (χ0v) is 9.58. The van der Waals surface area contributed by atoms with E-state index in [1.165, 1.54) is 17.4 Å². The number of thioether (sulfide) groups is 1. The highest BCUT2D eigenvalue weighted by atomic mass is 32.2. The molecule has 0 aromatic heterocycles. The van der Waals surface area contributed by atoms with Gasteiger partial charge in [-0.25, -0.2) is 0 Å². The van der Waals surface area contributed by atoms with Gasteiger partial charge < -0.3 is 4.84 Å². The molecular formula is C11H13NO2S. The molecule has 1 aromatic rings. The summed E-state index contributed by atoms with van der Waals surface area (Å²) in [6.45, 7) is 4.13. The zero-order chi connectivity index (χ0) is 10.8. The van der Waals surface area contributed by atoms with Crippen LogP contribution in [0.15, 0.2) is 29.2 Å². The summed E-state index contributed by atoms with van der Waals surface area (Å²) < 4.78 is 0. The molecule has 1 heterocycles. The van der Waals surface area contributed by atoms with E-state index < -0.39 is 0 Å². The summed E-state index contributed by atoms with van der Waals surface area (Å²) in [5, 5.41) is 1.89. The van der Waals surface area contributed by atoms with Gasteiger partial charge in [0.1, 0.15) is 0 Å². The lowest BCUT2D eigenvalue weighted by Crippen LogP contribution is -2.34. The molecule has 0 fully saturated rings. The number of carbonyl (C=O) groups is 1. The van der Waals surface area contributed by atoms with Crippen LogP contribution in [0.5, 0.6) is 0 Å². The maximum Gasteiger partial charge on any atom is 0.322 e. The maximum absolute atomic E-state index is 10.9. The Balaban J connectivity index is 2.18. The van der Waals surface area contributed by atoms with E-state index in [9.17, 15) is 4.79 Å². The topological polar surface area (TPSA) is 29.5 Å². The standard InChI is InChI=1S/C11H13NO2S/c1-8-12(14-9(2)13)7-10-5-3-4-6-11(10)15-8/h3-6,8H,7H2,1-2H3. The Morgan fingerprint density at radius 1 is 1.53 bits per heavy atom. The Labute approximate surface area is 93.4 Å². The van der Waals surface area contributed by atoms with Crippen LogP contribution in [0.25, 0.3) is 0 Å². The second kappa shape index (κ2) is 4.24. The molecular weight excluding hydrogens is 210 g/mol. The molecule has 0 N–H and O–H groups in total. The maximum atomic E-state index is 10.9. The molecule has 1 aromatic carbocycles. The number of hydrogen-bond donors (Lipinski definition) is 0. The van der Waals surface area contributed by atoms with Crippen molar-refractivity contribution in [2.24, 2.45) is 0 Å². The largest absolute Gasteiger partial charge is 0.367 e. The van der Waals surface area contributed by atoms with Gasteiger partial charge in [0.15, 0.2) is 0 Å². The normalized spacial score (nSPS) is 20.8. The number of benzene rings is 1. The first-order chi connectivity index (χ1) is 7.16. The van der Waals surface area contributed by atoms with Gasteiger partial charge in [-0.2, -0.15) is 0 Å². The number of carbonyl (C=O) groups excluding carboxylic acids is 1. The van der Waals surface area contributed by atoms with Crippen LogP contribution in [0.4, 0.5) is 0 Å². The highest BCUT2D eigenvalue weighted by Gasteiger charge is 2.25. The molecule has 1 aliphatic heterocycles. The molecule has 80 valence electrons. The first-order valence-electron chi connectivity index (χ1n) is 4.86. The van der Waals surface area contributed by atoms with E-state index in [2.05, 4.69) is 12.1 Å². The van der Waals surface area contributed by atoms with Crippen molar-refractivity contribution >= 4 is 17.7 Å². The van der Waals surface area contributed by atoms with Crippen LogP contribution < -0.4 is 0 Å². The molecule has 4 heteroatoms. The Morgan fingerprint density at radius 2 is 2.27 bits per heavy atom. The molecule has 0 spiro atoms. The van der Waals surface area contributed by atoms with Gasteiger partial charge >= 0.3 is 5.97 Å². The summed E-state index contributed by atoms with van der Waals surface area (Å²) in [6.07, 6.45) is 0. The zero-order valence-electron chi connectivity index (χ0n) is 8.77. The average molecular weight is 223 g/mol. The lowest BCUT2D eigenvalue weighted by Gasteiger charge is -2.31. The molecule has 2 rings (SSSR count). The number of hydroxylamine groups is 2. The predicted molar refractivity (Wildman–Crippen MR) is 59.1 cm³/mol. The van der Waals surface area contributed by atoms with Crippen molar-refractivity contribution in [3.63, 3.8) is 0 Å². The lowest BCUT2D eigenvalue weighted by molar-refractivity contribution is -0.194. The van der Waals surface area contributed by atoms with Crippen LogP contribution in [0.3, 0.4) is 0 Å². The van der Waals surface area contributed by atoms with Gasteiger partial charge in [-0.3, -0.25) is 4.79 Å². The van der Waals surface area contributed by atoms with Gasteiger partial charge in [-0.15, -0.1) is 16.8 Å². The number of hydrogen-bond acceptors (Lipinski definition) is 4. The minimum absolute atomic E-state index is 0.170. The van der Waals surface area contributed by atoms with Crippen molar-refractivity contribution in [2.45, 2.75) is 30.7 Å². The molecule has 15 heavy (non-hydrogen) atoms. The number of nitrogens with zero attached hydrogens (tertiary/aromatic N) is 1. The molecule has 1 aliphatic rings. The third-order valence-electron chi connectivity index (χ3n) is 2.25. The predicted octanol–water partition coefficient (Wildman–Crippen LogP) is 2.42. The minimum Gasteiger partial charge on any atom is -0.367 e. The SMILES string of the molecule is CC(=O)ON1Cc2ccccc2SC1C. The first-order valence-corrected chi connectivity index (χ1v) is 5.74. The highest BCUT2D eigenvalue weighted by Crippen LogP contribution is 2.35. The Morgan fingerprint density at radius 3 is 3.00 bits per heavy atom. The van der Waals surface area contributed by atoms with E-state index in [1.807, 2.05) is 19.1 Å². The van der Waals surface area contributed by atoms with Crippen LogP contribution >= 0.6 is 11.8 Å². The molecule has 0 saturated carbocycles. The fourth-order valence-corrected chi connectivity index (χ4v) is 2.60. The van der Waals surface area contributed by atoms with Gasteiger partial charge in [0, 0.05) is 11.8 Å². The smallest absolute Gasteiger partial charge is 0.322 e. The molecule has 0 saturated heterocycles. The van der Waals surface area contributed by atoms with Crippen LogP contribution in [-0.2, 0) is 16.2 Å². The summed E-state index contributed by atoms with van der Waals surface area (Å²) in [6, 6.07) is 8.19. The van der Waals surface area contributed by atoms with Crippen molar-refractivity contribution < 1.29 is 9.63 Å². The molecule has 1 atom stereocenters. The van der Waals surface area contributed by atoms with Gasteiger partial charge in [0.2, 0.25) is 0 Å². The minimum atomic E-state index is -0.262.